The summed E-state index contributed by atoms with van der Waals surface area (Å²) in [5.74, 6) is 4.69. The average molecular weight is 510 g/mol. The van der Waals surface area contributed by atoms with Crippen LogP contribution in [0.1, 0.15) is 30.9 Å². The molecule has 1 atom stereocenters. The van der Waals surface area contributed by atoms with Crippen LogP contribution in [-0.2, 0) is 13.0 Å². The summed E-state index contributed by atoms with van der Waals surface area (Å²) in [6.07, 6.45) is 4.47. The lowest BCUT2D eigenvalue weighted by Crippen LogP contribution is -2.48. The number of hydrogen-bond donors (Lipinski definition) is 1. The van der Waals surface area contributed by atoms with E-state index in [0.717, 1.165) is 75.2 Å². The van der Waals surface area contributed by atoms with Crippen LogP contribution in [0.4, 0.5) is 0 Å². The zero-order chi connectivity index (χ0) is 19.3. The van der Waals surface area contributed by atoms with Crippen LogP contribution in [0.2, 0.25) is 0 Å². The number of aliphatic imine (C=N–C) groups is 1. The first kappa shape index (κ1) is 21.9. The Hall–Kier alpha value is -1.84. The molecule has 0 amide bonds. The first-order valence-electron chi connectivity index (χ1n) is 10.3. The number of halogens is 1. The molecular formula is C21H31IN6O. The lowest BCUT2D eigenvalue weighted by Gasteiger charge is -2.35. The second kappa shape index (κ2) is 10.3. The number of hydrogen-bond acceptors (Lipinski definition) is 4. The Morgan fingerprint density at radius 2 is 1.93 bits per heavy atom. The van der Waals surface area contributed by atoms with Gasteiger partial charge in [-0.25, -0.2) is 0 Å². The Morgan fingerprint density at radius 1 is 1.17 bits per heavy atom. The van der Waals surface area contributed by atoms with Crippen LogP contribution in [0, 0.1) is 12.8 Å². The van der Waals surface area contributed by atoms with E-state index in [2.05, 4.69) is 30.0 Å². The first-order valence-corrected chi connectivity index (χ1v) is 10.3. The highest BCUT2D eigenvalue weighted by atomic mass is 127. The van der Waals surface area contributed by atoms with Crippen LogP contribution in [0.25, 0.3) is 0 Å². The minimum Gasteiger partial charge on any atom is -0.490 e. The van der Waals surface area contributed by atoms with Gasteiger partial charge in [-0.05, 0) is 31.4 Å². The van der Waals surface area contributed by atoms with Gasteiger partial charge in [-0.2, -0.15) is 0 Å². The Labute approximate surface area is 190 Å². The van der Waals surface area contributed by atoms with Gasteiger partial charge in [-0.1, -0.05) is 18.2 Å². The van der Waals surface area contributed by atoms with Gasteiger partial charge < -0.3 is 19.5 Å². The summed E-state index contributed by atoms with van der Waals surface area (Å²) in [5, 5.41) is 12.1. The molecule has 158 valence electrons. The highest BCUT2D eigenvalue weighted by Crippen LogP contribution is 2.20. The van der Waals surface area contributed by atoms with Gasteiger partial charge in [0.15, 0.2) is 5.96 Å². The molecule has 1 aromatic heterocycles. The van der Waals surface area contributed by atoms with Gasteiger partial charge in [0, 0.05) is 52.5 Å². The van der Waals surface area contributed by atoms with Crippen LogP contribution >= 0.6 is 24.0 Å². The van der Waals surface area contributed by atoms with Crippen molar-refractivity contribution in [2.24, 2.45) is 10.9 Å². The SMILES string of the molecule is CN=C(NCC1CCc2nnc(C)n2C1)N1CCC(Oc2ccccc2)CC1.I. The molecule has 0 radical (unpaired) electrons. The summed E-state index contributed by atoms with van der Waals surface area (Å²) in [7, 11) is 1.87. The highest BCUT2D eigenvalue weighted by molar-refractivity contribution is 14.0. The fraction of sp³-hybridized carbons (Fsp3) is 0.571. The van der Waals surface area contributed by atoms with Gasteiger partial charge in [0.25, 0.3) is 0 Å². The summed E-state index contributed by atoms with van der Waals surface area (Å²) >= 11 is 0. The molecule has 0 saturated carbocycles. The lowest BCUT2D eigenvalue weighted by molar-refractivity contribution is 0.129. The van der Waals surface area contributed by atoms with Crippen molar-refractivity contribution < 1.29 is 4.74 Å². The standard InChI is InChI=1S/C21H30N6O.HI/c1-16-24-25-20-9-8-17(15-27(16)20)14-23-21(22-2)26-12-10-19(11-13-26)28-18-6-4-3-5-7-18;/h3-7,17,19H,8-15H2,1-2H3,(H,22,23);1H. The maximum atomic E-state index is 6.11. The number of guanidine groups is 1. The van der Waals surface area contributed by atoms with Crippen LogP contribution in [-0.4, -0.2) is 58.4 Å². The van der Waals surface area contributed by atoms with E-state index in [9.17, 15) is 0 Å². The number of nitrogens with zero attached hydrogens (tertiary/aromatic N) is 5. The number of aryl methyl sites for hydroxylation is 2. The Morgan fingerprint density at radius 3 is 2.66 bits per heavy atom. The number of benzene rings is 1. The van der Waals surface area contributed by atoms with Crippen LogP contribution in [0.15, 0.2) is 35.3 Å². The molecule has 2 aliphatic heterocycles. The molecule has 4 rings (SSSR count). The number of nitrogens with one attached hydrogen (secondary N) is 1. The molecule has 0 bridgehead atoms. The number of aromatic nitrogens is 3. The van der Waals surface area contributed by atoms with Crippen molar-refractivity contribution in [3.63, 3.8) is 0 Å². The second-order valence-corrected chi connectivity index (χ2v) is 7.72. The normalized spacial score (nSPS) is 20.0. The van der Waals surface area contributed by atoms with E-state index in [0.29, 0.717) is 5.92 Å². The van der Waals surface area contributed by atoms with Crippen molar-refractivity contribution in [2.75, 3.05) is 26.7 Å². The smallest absolute Gasteiger partial charge is 0.193 e. The van der Waals surface area contributed by atoms with Crippen LogP contribution < -0.4 is 10.1 Å². The van der Waals surface area contributed by atoms with E-state index in [1.54, 1.807) is 0 Å². The summed E-state index contributed by atoms with van der Waals surface area (Å²) in [6.45, 7) is 5.90. The van der Waals surface area contributed by atoms with E-state index in [4.69, 9.17) is 4.74 Å². The van der Waals surface area contributed by atoms with Crippen LogP contribution in [0.3, 0.4) is 0 Å². The van der Waals surface area contributed by atoms with Gasteiger partial charge in [-0.3, -0.25) is 4.99 Å². The number of fused-ring (bicyclic) bond motifs is 1. The summed E-state index contributed by atoms with van der Waals surface area (Å²) < 4.78 is 8.36. The predicted molar refractivity (Wildman–Crippen MR) is 125 cm³/mol. The van der Waals surface area contributed by atoms with Crippen molar-refractivity contribution in [1.82, 2.24) is 25.0 Å². The third-order valence-electron chi connectivity index (χ3n) is 5.78. The molecule has 1 fully saturated rings. The van der Waals surface area contributed by atoms with E-state index >= 15 is 0 Å². The highest BCUT2D eigenvalue weighted by Gasteiger charge is 2.25. The third-order valence-corrected chi connectivity index (χ3v) is 5.78. The second-order valence-electron chi connectivity index (χ2n) is 7.72. The van der Waals surface area contributed by atoms with Crippen molar-refractivity contribution in [3.8, 4) is 5.75 Å². The van der Waals surface area contributed by atoms with E-state index in [-0.39, 0.29) is 30.1 Å². The Balaban J connectivity index is 0.00000240. The molecule has 1 aromatic carbocycles. The molecule has 1 unspecified atom stereocenters. The van der Waals surface area contributed by atoms with Gasteiger partial charge >= 0.3 is 0 Å². The van der Waals surface area contributed by atoms with Gasteiger partial charge in [0.1, 0.15) is 23.5 Å². The summed E-state index contributed by atoms with van der Waals surface area (Å²) in [5.41, 5.74) is 0. The molecule has 7 nitrogen and oxygen atoms in total. The molecule has 2 aromatic rings. The van der Waals surface area contributed by atoms with E-state index in [1.807, 2.05) is 44.3 Å². The number of rotatable bonds is 4. The monoisotopic (exact) mass is 510 g/mol. The summed E-state index contributed by atoms with van der Waals surface area (Å²) in [4.78, 5) is 6.87. The van der Waals surface area contributed by atoms with Gasteiger partial charge in [0.2, 0.25) is 0 Å². The fourth-order valence-corrected chi connectivity index (χ4v) is 4.14. The third kappa shape index (κ3) is 5.40. The zero-order valence-electron chi connectivity index (χ0n) is 17.3. The van der Waals surface area contributed by atoms with E-state index < -0.39 is 0 Å². The molecule has 8 heteroatoms. The molecule has 3 heterocycles. The minimum atomic E-state index is 0. The molecule has 1 N–H and O–H groups in total. The van der Waals surface area contributed by atoms with Crippen molar-refractivity contribution >= 4 is 29.9 Å². The first-order chi connectivity index (χ1) is 13.7. The maximum Gasteiger partial charge on any atom is 0.193 e. The molecule has 0 spiro atoms. The Bertz CT molecular complexity index is 801. The number of piperidine rings is 1. The van der Waals surface area contributed by atoms with E-state index in [1.165, 1.54) is 0 Å². The number of para-hydroxylation sites is 1. The van der Waals surface area contributed by atoms with Gasteiger partial charge in [0.05, 0.1) is 0 Å². The molecule has 0 aliphatic carbocycles. The molecule has 29 heavy (non-hydrogen) atoms. The maximum absolute atomic E-state index is 6.11. The van der Waals surface area contributed by atoms with Crippen LogP contribution in [0.5, 0.6) is 5.75 Å². The lowest BCUT2D eigenvalue weighted by atomic mass is 9.99. The van der Waals surface area contributed by atoms with Crippen molar-refractivity contribution in [2.45, 2.75) is 45.3 Å². The summed E-state index contributed by atoms with van der Waals surface area (Å²) in [6, 6.07) is 10.1. The fourth-order valence-electron chi connectivity index (χ4n) is 4.14. The molecular weight excluding hydrogens is 479 g/mol. The van der Waals surface area contributed by atoms with Crippen molar-refractivity contribution in [3.05, 3.63) is 42.0 Å². The minimum absolute atomic E-state index is 0. The average Bonchev–Trinajstić information content (AvgIpc) is 3.11. The number of likely N-dealkylation sites (tertiary alicyclic amines) is 1. The van der Waals surface area contributed by atoms with Crippen molar-refractivity contribution in [1.29, 1.82) is 0 Å². The molecule has 1 saturated heterocycles. The number of ether oxygens (including phenoxy) is 1. The topological polar surface area (TPSA) is 67.6 Å². The van der Waals surface area contributed by atoms with Gasteiger partial charge in [-0.15, -0.1) is 34.2 Å². The molecule has 2 aliphatic rings. The quantitative estimate of drug-likeness (QED) is 0.390. The predicted octanol–water partition coefficient (Wildman–Crippen LogP) is 2.89. The largest absolute Gasteiger partial charge is 0.490 e. The Kier molecular flexibility index (Phi) is 7.74. The zero-order valence-corrected chi connectivity index (χ0v) is 19.6.